The highest BCUT2D eigenvalue weighted by Crippen LogP contribution is 2.06. The van der Waals surface area contributed by atoms with Crippen molar-refractivity contribution in [1.29, 1.82) is 0 Å². The topological polar surface area (TPSA) is 33.3 Å². The van der Waals surface area contributed by atoms with Crippen molar-refractivity contribution >= 4 is 0 Å². The monoisotopic (exact) mass is 248 g/mol. The van der Waals surface area contributed by atoms with Crippen molar-refractivity contribution in [3.63, 3.8) is 0 Å². The van der Waals surface area contributed by atoms with Crippen LogP contribution in [0.5, 0.6) is 0 Å². The normalized spacial score (nSPS) is 19.9. The van der Waals surface area contributed by atoms with Gasteiger partial charge in [-0.15, -0.1) is 0 Å². The Kier molecular flexibility index (Phi) is 5.65. The molecule has 1 heterocycles. The maximum Gasteiger partial charge on any atom is 0.0824 e. The van der Waals surface area contributed by atoms with E-state index in [2.05, 4.69) is 41.8 Å². The molecule has 1 aliphatic rings. The third-order valence-electron chi connectivity index (χ3n) is 3.27. The van der Waals surface area contributed by atoms with Crippen molar-refractivity contribution < 1.29 is 4.74 Å². The Morgan fingerprint density at radius 3 is 2.72 bits per heavy atom. The molecule has 0 radical (unpaired) electrons. The molecule has 1 fully saturated rings. The largest absolute Gasteiger partial charge is 0.374 e. The molecule has 100 valence electrons. The zero-order valence-electron chi connectivity index (χ0n) is 11.2. The number of aryl methyl sites for hydroxylation is 1. The molecule has 3 heteroatoms. The second-order valence-corrected chi connectivity index (χ2v) is 4.89. The number of hydrogen-bond donors (Lipinski definition) is 2. The van der Waals surface area contributed by atoms with Crippen LogP contribution in [0, 0.1) is 0 Å². The molecule has 0 spiro atoms. The van der Waals surface area contributed by atoms with E-state index in [0.29, 0.717) is 6.10 Å². The van der Waals surface area contributed by atoms with Crippen molar-refractivity contribution in [3.05, 3.63) is 35.4 Å². The van der Waals surface area contributed by atoms with Gasteiger partial charge in [0.05, 0.1) is 12.7 Å². The van der Waals surface area contributed by atoms with E-state index in [1.54, 1.807) is 0 Å². The van der Waals surface area contributed by atoms with Crippen LogP contribution in [0.2, 0.25) is 0 Å². The van der Waals surface area contributed by atoms with E-state index in [1.165, 1.54) is 24.0 Å². The Labute approximate surface area is 110 Å². The number of ether oxygens (including phenoxy) is 1. The molecule has 0 amide bonds. The lowest BCUT2D eigenvalue weighted by Crippen LogP contribution is -2.43. The van der Waals surface area contributed by atoms with Gasteiger partial charge in [0.15, 0.2) is 0 Å². The fourth-order valence-electron chi connectivity index (χ4n) is 2.24. The van der Waals surface area contributed by atoms with E-state index in [1.807, 2.05) is 0 Å². The van der Waals surface area contributed by atoms with E-state index in [0.717, 1.165) is 32.8 Å². The Bertz CT molecular complexity index is 331. The van der Waals surface area contributed by atoms with Crippen LogP contribution in [-0.4, -0.2) is 32.3 Å². The average molecular weight is 248 g/mol. The molecule has 3 nitrogen and oxygen atoms in total. The molecular weight excluding hydrogens is 224 g/mol. The van der Waals surface area contributed by atoms with Crippen molar-refractivity contribution in [2.24, 2.45) is 0 Å². The van der Waals surface area contributed by atoms with Crippen LogP contribution in [0.25, 0.3) is 0 Å². The molecule has 0 aliphatic carbocycles. The summed E-state index contributed by atoms with van der Waals surface area (Å²) in [5, 5.41) is 6.80. The van der Waals surface area contributed by atoms with Gasteiger partial charge in [-0.25, -0.2) is 0 Å². The van der Waals surface area contributed by atoms with Crippen molar-refractivity contribution in [2.75, 3.05) is 26.2 Å². The third-order valence-corrected chi connectivity index (χ3v) is 3.27. The van der Waals surface area contributed by atoms with E-state index in [4.69, 9.17) is 4.74 Å². The summed E-state index contributed by atoms with van der Waals surface area (Å²) in [6.45, 7) is 6.83. The number of nitrogens with one attached hydrogen (secondary N) is 2. The number of benzene rings is 1. The van der Waals surface area contributed by atoms with Crippen LogP contribution in [-0.2, 0) is 17.7 Å². The molecule has 1 unspecified atom stereocenters. The first-order valence-corrected chi connectivity index (χ1v) is 6.99. The summed E-state index contributed by atoms with van der Waals surface area (Å²) in [5.74, 6) is 0. The molecule has 1 aromatic carbocycles. The van der Waals surface area contributed by atoms with Gasteiger partial charge in [-0.2, -0.15) is 0 Å². The molecule has 0 aromatic heterocycles. The summed E-state index contributed by atoms with van der Waals surface area (Å²) in [4.78, 5) is 0. The lowest BCUT2D eigenvalue weighted by molar-refractivity contribution is 0.0290. The van der Waals surface area contributed by atoms with Gasteiger partial charge in [0.25, 0.3) is 0 Å². The molecule has 1 aliphatic heterocycles. The summed E-state index contributed by atoms with van der Waals surface area (Å²) < 4.78 is 5.64. The van der Waals surface area contributed by atoms with E-state index < -0.39 is 0 Å². The van der Waals surface area contributed by atoms with Crippen LogP contribution < -0.4 is 10.6 Å². The van der Waals surface area contributed by atoms with Gasteiger partial charge in [-0.3, -0.25) is 0 Å². The number of rotatable bonds is 6. The summed E-state index contributed by atoms with van der Waals surface area (Å²) in [6, 6.07) is 8.91. The predicted octanol–water partition coefficient (Wildman–Crippen LogP) is 1.72. The predicted molar refractivity (Wildman–Crippen MR) is 74.8 cm³/mol. The molecule has 1 saturated heterocycles. The lowest BCUT2D eigenvalue weighted by Gasteiger charge is -2.23. The first-order chi connectivity index (χ1) is 8.88. The molecule has 1 atom stereocenters. The molecule has 1 aromatic rings. The van der Waals surface area contributed by atoms with Gasteiger partial charge in [-0.05, 0) is 17.5 Å². The maximum absolute atomic E-state index is 5.64. The molecule has 18 heavy (non-hydrogen) atoms. The van der Waals surface area contributed by atoms with Crippen molar-refractivity contribution in [2.45, 2.75) is 32.4 Å². The van der Waals surface area contributed by atoms with Gasteiger partial charge in [0, 0.05) is 26.2 Å². The quantitative estimate of drug-likeness (QED) is 0.804. The standard InChI is InChI=1S/C15H24N2O/c1-2-3-13-4-6-14(7-5-13)10-17-12-15-11-16-8-9-18-15/h4-7,15-17H,2-3,8-12H2,1H3. The second-order valence-electron chi connectivity index (χ2n) is 4.89. The molecular formula is C15H24N2O. The van der Waals surface area contributed by atoms with Crippen LogP contribution in [0.15, 0.2) is 24.3 Å². The van der Waals surface area contributed by atoms with Gasteiger partial charge >= 0.3 is 0 Å². The minimum absolute atomic E-state index is 0.318. The van der Waals surface area contributed by atoms with E-state index >= 15 is 0 Å². The first-order valence-electron chi connectivity index (χ1n) is 6.99. The van der Waals surface area contributed by atoms with Crippen LogP contribution in [0.3, 0.4) is 0 Å². The first kappa shape index (κ1) is 13.5. The SMILES string of the molecule is CCCc1ccc(CNCC2CNCCO2)cc1. The highest BCUT2D eigenvalue weighted by Gasteiger charge is 2.11. The highest BCUT2D eigenvalue weighted by atomic mass is 16.5. The van der Waals surface area contributed by atoms with Crippen molar-refractivity contribution in [1.82, 2.24) is 10.6 Å². The Hall–Kier alpha value is -0.900. The zero-order valence-corrected chi connectivity index (χ0v) is 11.2. The minimum Gasteiger partial charge on any atom is -0.374 e. The van der Waals surface area contributed by atoms with E-state index in [9.17, 15) is 0 Å². The Balaban J connectivity index is 1.69. The van der Waals surface area contributed by atoms with Gasteiger partial charge in [0.2, 0.25) is 0 Å². The minimum atomic E-state index is 0.318. The third kappa shape index (κ3) is 4.41. The molecule has 2 N–H and O–H groups in total. The van der Waals surface area contributed by atoms with Gasteiger partial charge in [0.1, 0.15) is 0 Å². The average Bonchev–Trinajstić information content (AvgIpc) is 2.42. The van der Waals surface area contributed by atoms with Crippen molar-refractivity contribution in [3.8, 4) is 0 Å². The molecule has 0 saturated carbocycles. The lowest BCUT2D eigenvalue weighted by atomic mass is 10.1. The zero-order chi connectivity index (χ0) is 12.6. The molecule has 2 rings (SSSR count). The highest BCUT2D eigenvalue weighted by molar-refractivity contribution is 5.22. The molecule has 0 bridgehead atoms. The van der Waals surface area contributed by atoms with Gasteiger partial charge in [-0.1, -0.05) is 37.6 Å². The summed E-state index contributed by atoms with van der Waals surface area (Å²) in [5.41, 5.74) is 2.78. The number of hydrogen-bond acceptors (Lipinski definition) is 3. The maximum atomic E-state index is 5.64. The number of morpholine rings is 1. The summed E-state index contributed by atoms with van der Waals surface area (Å²) in [7, 11) is 0. The van der Waals surface area contributed by atoms with Crippen LogP contribution in [0.1, 0.15) is 24.5 Å². The van der Waals surface area contributed by atoms with E-state index in [-0.39, 0.29) is 0 Å². The Morgan fingerprint density at radius 1 is 1.28 bits per heavy atom. The van der Waals surface area contributed by atoms with Crippen LogP contribution in [0.4, 0.5) is 0 Å². The Morgan fingerprint density at radius 2 is 2.06 bits per heavy atom. The van der Waals surface area contributed by atoms with Gasteiger partial charge < -0.3 is 15.4 Å². The smallest absolute Gasteiger partial charge is 0.0824 e. The van der Waals surface area contributed by atoms with Crippen LogP contribution >= 0.6 is 0 Å². The summed E-state index contributed by atoms with van der Waals surface area (Å²) >= 11 is 0. The second kappa shape index (κ2) is 7.52. The fourth-order valence-corrected chi connectivity index (χ4v) is 2.24. The fraction of sp³-hybridized carbons (Fsp3) is 0.600. The summed E-state index contributed by atoms with van der Waals surface area (Å²) in [6.07, 6.45) is 2.71.